The molecule has 3 nitrogen and oxygen atoms in total. The van der Waals surface area contributed by atoms with Crippen molar-refractivity contribution in [1.29, 1.82) is 0 Å². The molecule has 1 aromatic heterocycles. The summed E-state index contributed by atoms with van der Waals surface area (Å²) in [7, 11) is -5.61. The van der Waals surface area contributed by atoms with E-state index in [1.807, 2.05) is 6.92 Å². The number of fused-ring (bicyclic) bond motifs is 1. The molecule has 0 saturated carbocycles. The van der Waals surface area contributed by atoms with Gasteiger partial charge in [0.05, 0.1) is 20.6 Å². The average molecular weight is 340 g/mol. The molecule has 0 amide bonds. The van der Waals surface area contributed by atoms with Crippen LogP contribution in [0.2, 0.25) is 0 Å². The molecule has 1 atom stereocenters. The van der Waals surface area contributed by atoms with E-state index in [1.165, 1.54) is 0 Å². The lowest BCUT2D eigenvalue weighted by atomic mass is 10.2. The Bertz CT molecular complexity index is 695. The van der Waals surface area contributed by atoms with Crippen molar-refractivity contribution in [2.45, 2.75) is 25.3 Å². The summed E-state index contributed by atoms with van der Waals surface area (Å²) in [6, 6.07) is 8.50. The van der Waals surface area contributed by atoms with Crippen LogP contribution in [0.4, 0.5) is 13.2 Å². The van der Waals surface area contributed by atoms with Crippen LogP contribution in [-0.2, 0) is 22.0 Å². The zero-order valence-corrected chi connectivity index (χ0v) is 13.1. The van der Waals surface area contributed by atoms with Crippen LogP contribution in [0.1, 0.15) is 18.2 Å². The van der Waals surface area contributed by atoms with Gasteiger partial charge < -0.3 is 4.55 Å². The molecule has 0 saturated heterocycles. The second-order valence-electron chi connectivity index (χ2n) is 4.35. The average Bonchev–Trinajstić information content (AvgIpc) is 2.64. The number of alkyl halides is 3. The Balaban J connectivity index is 0.000000383. The molecular formula is C13H15F3O3S2. The summed E-state index contributed by atoms with van der Waals surface area (Å²) in [4.78, 5) is 0.524. The predicted octanol–water partition coefficient (Wildman–Crippen LogP) is 4.18. The predicted molar refractivity (Wildman–Crippen MR) is 77.3 cm³/mol. The third kappa shape index (κ3) is 5.64. The molecule has 0 fully saturated rings. The minimum Gasteiger partial charge on any atom is -0.748 e. The Morgan fingerprint density at radius 3 is 2.24 bits per heavy atom. The third-order valence-corrected chi connectivity index (χ3v) is 4.57. The fraction of sp³-hybridized carbons (Fsp3) is 0.385. The van der Waals surface area contributed by atoms with E-state index in [1.54, 1.807) is 30.3 Å². The molecular weight excluding hydrogens is 325 g/mol. The highest BCUT2D eigenvalue weighted by molar-refractivity contribution is 7.84. The minimum atomic E-state index is -4.15. The largest absolute Gasteiger partial charge is 0.748 e. The Kier molecular flexibility index (Phi) is 5.77. The first-order chi connectivity index (χ1) is 9.54. The van der Waals surface area contributed by atoms with Crippen LogP contribution >= 0.6 is 10.5 Å². The van der Waals surface area contributed by atoms with Gasteiger partial charge in [-0.2, -0.15) is 0 Å². The van der Waals surface area contributed by atoms with E-state index < -0.39 is 26.1 Å². The van der Waals surface area contributed by atoms with Crippen LogP contribution in [0.3, 0.4) is 0 Å². The van der Waals surface area contributed by atoms with Gasteiger partial charge in [0.25, 0.3) is 0 Å². The van der Waals surface area contributed by atoms with Crippen molar-refractivity contribution in [2.75, 3.05) is 6.26 Å². The van der Waals surface area contributed by atoms with E-state index in [-0.39, 0.29) is 0 Å². The topological polar surface area (TPSA) is 57.2 Å². The molecule has 2 aromatic rings. The SMILES string of the molecule is CCCc1cc2ccccc2[s+]1C(F)(F)F.CS(=O)(=O)[O-]. The smallest absolute Gasteiger partial charge is 0.600 e. The van der Waals surface area contributed by atoms with Gasteiger partial charge in [0, 0.05) is 24.1 Å². The van der Waals surface area contributed by atoms with Crippen LogP contribution in [0.15, 0.2) is 30.3 Å². The standard InChI is InChI=1S/C12H12F3S.CH4O3S/c1-2-5-10-8-9-6-3-4-7-11(9)16(10)12(13,14)15;1-5(2,3)4/h3-4,6-8H,2,5H2,1H3;1H3,(H,2,3,4)/q+1;/p-1. The fourth-order valence-electron chi connectivity index (χ4n) is 1.85. The number of hydrogen-bond donors (Lipinski definition) is 0. The Morgan fingerprint density at radius 1 is 1.24 bits per heavy atom. The molecule has 0 aliphatic heterocycles. The van der Waals surface area contributed by atoms with E-state index in [0.29, 0.717) is 22.3 Å². The zero-order valence-electron chi connectivity index (χ0n) is 11.5. The summed E-state index contributed by atoms with van der Waals surface area (Å²) >= 11 is 0. The summed E-state index contributed by atoms with van der Waals surface area (Å²) in [6.45, 7) is 1.90. The zero-order chi connectivity index (χ0) is 16.3. The first kappa shape index (κ1) is 17.9. The van der Waals surface area contributed by atoms with Crippen molar-refractivity contribution in [1.82, 2.24) is 0 Å². The van der Waals surface area contributed by atoms with Crippen molar-refractivity contribution in [3.63, 3.8) is 0 Å². The van der Waals surface area contributed by atoms with Crippen molar-refractivity contribution in [3.8, 4) is 0 Å². The molecule has 118 valence electrons. The van der Waals surface area contributed by atoms with Gasteiger partial charge >= 0.3 is 5.51 Å². The monoisotopic (exact) mass is 340 g/mol. The Hall–Kier alpha value is -1.12. The van der Waals surface area contributed by atoms with Gasteiger partial charge in [-0.25, -0.2) is 8.42 Å². The molecule has 0 N–H and O–H groups in total. The molecule has 2 rings (SSSR count). The number of aryl methyl sites for hydroxylation is 1. The Morgan fingerprint density at radius 2 is 1.76 bits per heavy atom. The summed E-state index contributed by atoms with van der Waals surface area (Å²) in [6.07, 6.45) is 1.88. The maximum absolute atomic E-state index is 13.0. The summed E-state index contributed by atoms with van der Waals surface area (Å²) in [5, 5.41) is 0.728. The molecule has 0 bridgehead atoms. The molecule has 0 radical (unpaired) electrons. The number of thiophene rings is 1. The van der Waals surface area contributed by atoms with Crippen molar-refractivity contribution in [2.24, 2.45) is 0 Å². The van der Waals surface area contributed by atoms with Gasteiger partial charge in [-0.15, -0.1) is 13.2 Å². The molecule has 1 unspecified atom stereocenters. The summed E-state index contributed by atoms with van der Waals surface area (Å²) in [5.41, 5.74) is -4.15. The number of hydrogen-bond acceptors (Lipinski definition) is 3. The maximum atomic E-state index is 13.0. The van der Waals surface area contributed by atoms with Gasteiger partial charge in [0.15, 0.2) is 9.58 Å². The molecule has 8 heteroatoms. The lowest BCUT2D eigenvalue weighted by Crippen LogP contribution is -1.97. The van der Waals surface area contributed by atoms with E-state index in [4.69, 9.17) is 13.0 Å². The number of rotatable bonds is 2. The van der Waals surface area contributed by atoms with E-state index in [9.17, 15) is 13.2 Å². The molecule has 1 aromatic carbocycles. The first-order valence-corrected chi connectivity index (χ1v) is 9.09. The summed E-state index contributed by atoms with van der Waals surface area (Å²) in [5.74, 6) is 0. The van der Waals surface area contributed by atoms with Gasteiger partial charge in [-0.1, -0.05) is 19.1 Å². The first-order valence-electron chi connectivity index (χ1n) is 6.05. The molecule has 0 aliphatic rings. The summed E-state index contributed by atoms with van der Waals surface area (Å²) < 4.78 is 66.6. The van der Waals surface area contributed by atoms with Crippen LogP contribution in [0, 0.1) is 0 Å². The van der Waals surface area contributed by atoms with Crippen molar-refractivity contribution in [3.05, 3.63) is 35.2 Å². The molecule has 21 heavy (non-hydrogen) atoms. The van der Waals surface area contributed by atoms with Crippen LogP contribution in [-0.4, -0.2) is 19.2 Å². The maximum Gasteiger partial charge on any atom is 0.600 e. The van der Waals surface area contributed by atoms with Crippen molar-refractivity contribution >= 4 is 30.7 Å². The minimum absolute atomic E-state index is 0.429. The third-order valence-electron chi connectivity index (χ3n) is 2.45. The van der Waals surface area contributed by atoms with E-state index in [2.05, 4.69) is 0 Å². The van der Waals surface area contributed by atoms with Gasteiger partial charge in [-0.05, 0) is 18.6 Å². The highest BCUT2D eigenvalue weighted by Crippen LogP contribution is 2.50. The van der Waals surface area contributed by atoms with E-state index in [0.717, 1.165) is 11.8 Å². The van der Waals surface area contributed by atoms with Gasteiger partial charge in [0.2, 0.25) is 0 Å². The molecule has 1 heterocycles. The van der Waals surface area contributed by atoms with Crippen LogP contribution in [0.5, 0.6) is 0 Å². The lowest BCUT2D eigenvalue weighted by molar-refractivity contribution is -0.0867. The fourth-order valence-corrected chi connectivity index (χ4v) is 3.91. The molecule has 0 spiro atoms. The van der Waals surface area contributed by atoms with Gasteiger partial charge in [0.1, 0.15) is 0 Å². The van der Waals surface area contributed by atoms with Crippen LogP contribution < -0.4 is 0 Å². The number of benzene rings is 1. The highest BCUT2D eigenvalue weighted by Gasteiger charge is 2.47. The van der Waals surface area contributed by atoms with Crippen LogP contribution in [0.25, 0.3) is 10.1 Å². The highest BCUT2D eigenvalue weighted by atomic mass is 32.2. The molecule has 0 aliphatic carbocycles. The number of halogens is 3. The second kappa shape index (κ2) is 6.76. The quantitative estimate of drug-likeness (QED) is 0.609. The Labute approximate surface area is 124 Å². The van der Waals surface area contributed by atoms with Crippen molar-refractivity contribution < 1.29 is 26.1 Å². The van der Waals surface area contributed by atoms with E-state index >= 15 is 0 Å². The normalized spacial score (nSPS) is 13.0. The second-order valence-corrected chi connectivity index (χ2v) is 7.80. The van der Waals surface area contributed by atoms with Gasteiger partial charge in [-0.3, -0.25) is 0 Å². The lowest BCUT2D eigenvalue weighted by Gasteiger charge is -1.98.